The predicted molar refractivity (Wildman–Crippen MR) is 135 cm³/mol. The van der Waals surface area contributed by atoms with Crippen LogP contribution in [0.5, 0.6) is 11.5 Å². The van der Waals surface area contributed by atoms with Crippen LogP contribution in [0.3, 0.4) is 0 Å². The summed E-state index contributed by atoms with van der Waals surface area (Å²) >= 11 is 0. The van der Waals surface area contributed by atoms with Crippen LogP contribution >= 0.6 is 0 Å². The zero-order valence-electron chi connectivity index (χ0n) is 22.5. The fourth-order valence-electron chi connectivity index (χ4n) is 4.88. The van der Waals surface area contributed by atoms with Crippen molar-refractivity contribution < 1.29 is 58.8 Å². The minimum absolute atomic E-state index is 0.0154. The van der Waals surface area contributed by atoms with E-state index in [0.717, 1.165) is 25.0 Å². The first-order valence-electron chi connectivity index (χ1n) is 13.0. The summed E-state index contributed by atoms with van der Waals surface area (Å²) in [4.78, 5) is 0. The molecule has 0 saturated carbocycles. The summed E-state index contributed by atoms with van der Waals surface area (Å²) in [6, 6.07) is 9.89. The van der Waals surface area contributed by atoms with Gasteiger partial charge < -0.3 is 23.7 Å². The van der Waals surface area contributed by atoms with Gasteiger partial charge in [0.2, 0.25) is 0 Å². The van der Waals surface area contributed by atoms with Gasteiger partial charge in [0.25, 0.3) is 0 Å². The van der Waals surface area contributed by atoms with Crippen LogP contribution in [0.2, 0.25) is 0 Å². The largest absolute Gasteiger partial charge is 0.459 e. The van der Waals surface area contributed by atoms with Crippen LogP contribution in [0.1, 0.15) is 30.9 Å². The van der Waals surface area contributed by atoms with Crippen molar-refractivity contribution in [1.82, 2.24) is 0 Å². The molecule has 13 heteroatoms. The molecule has 43 heavy (non-hydrogen) atoms. The van der Waals surface area contributed by atoms with E-state index in [4.69, 9.17) is 14.2 Å². The number of hydrogen-bond acceptors (Lipinski definition) is 5. The van der Waals surface area contributed by atoms with Crippen LogP contribution in [-0.2, 0) is 26.3 Å². The van der Waals surface area contributed by atoms with E-state index in [-0.39, 0.29) is 29.4 Å². The summed E-state index contributed by atoms with van der Waals surface area (Å²) in [5, 5.41) is 0. The third-order valence-corrected chi connectivity index (χ3v) is 7.00. The van der Waals surface area contributed by atoms with E-state index in [9.17, 15) is 35.1 Å². The smallest absolute Gasteiger partial charge is 0.429 e. The highest BCUT2D eigenvalue weighted by Gasteiger charge is 2.53. The molecule has 3 aliphatic heterocycles. The first kappa shape index (κ1) is 30.8. The molecule has 230 valence electrons. The van der Waals surface area contributed by atoms with Gasteiger partial charge in [0.05, 0.1) is 37.7 Å². The van der Waals surface area contributed by atoms with Crippen molar-refractivity contribution in [3.8, 4) is 22.6 Å². The number of fused-ring (bicyclic) bond motifs is 3. The van der Waals surface area contributed by atoms with E-state index in [1.54, 1.807) is 24.3 Å². The maximum Gasteiger partial charge on any atom is 0.429 e. The molecular formula is C30H24F8O5. The summed E-state index contributed by atoms with van der Waals surface area (Å²) in [5.41, 5.74) is -0.120. The second-order valence-electron chi connectivity index (χ2n) is 10.2. The zero-order chi connectivity index (χ0) is 31.0. The second kappa shape index (κ2) is 11.4. The summed E-state index contributed by atoms with van der Waals surface area (Å²) in [6.07, 6.45) is -7.78. The molecule has 3 saturated heterocycles. The van der Waals surface area contributed by atoms with E-state index in [1.807, 2.05) is 0 Å². The maximum atomic E-state index is 14.9. The number of hydrogen-bond donors (Lipinski definition) is 0. The average molecular weight is 617 g/mol. The molecule has 3 aromatic rings. The van der Waals surface area contributed by atoms with Gasteiger partial charge in [-0.05, 0) is 29.7 Å². The quantitative estimate of drug-likeness (QED) is 0.179. The molecular weight excluding hydrogens is 592 g/mol. The van der Waals surface area contributed by atoms with Crippen molar-refractivity contribution in [3.63, 3.8) is 0 Å². The topological polar surface area (TPSA) is 46.2 Å². The maximum absolute atomic E-state index is 14.9. The number of rotatable bonds is 9. The van der Waals surface area contributed by atoms with E-state index in [0.29, 0.717) is 30.9 Å². The first-order valence-corrected chi connectivity index (χ1v) is 13.0. The van der Waals surface area contributed by atoms with Crippen molar-refractivity contribution in [2.24, 2.45) is 5.41 Å². The molecule has 3 aliphatic rings. The van der Waals surface area contributed by atoms with Crippen LogP contribution in [-0.4, -0.2) is 26.0 Å². The molecule has 3 fully saturated rings. The van der Waals surface area contributed by atoms with Gasteiger partial charge >= 0.3 is 18.3 Å². The fourth-order valence-corrected chi connectivity index (χ4v) is 4.88. The van der Waals surface area contributed by atoms with Gasteiger partial charge in [-0.3, -0.25) is 0 Å². The highest BCUT2D eigenvalue weighted by Crippen LogP contribution is 2.46. The summed E-state index contributed by atoms with van der Waals surface area (Å²) < 4.78 is 136. The molecule has 2 bridgehead atoms. The van der Waals surface area contributed by atoms with Crippen LogP contribution in [0.4, 0.5) is 35.1 Å². The Kier molecular flexibility index (Phi) is 8.18. The Labute approximate surface area is 240 Å². The lowest BCUT2D eigenvalue weighted by molar-refractivity contribution is -0.480. The monoisotopic (exact) mass is 616 g/mol. The van der Waals surface area contributed by atoms with E-state index in [1.165, 1.54) is 6.07 Å². The molecule has 0 atom stereocenters. The Morgan fingerprint density at radius 2 is 1.37 bits per heavy atom. The Morgan fingerprint density at radius 1 is 0.791 bits per heavy atom. The molecule has 0 N–H and O–H groups in total. The molecule has 6 rings (SSSR count). The molecule has 3 aromatic carbocycles. The molecule has 0 spiro atoms. The molecule has 0 unspecified atom stereocenters. The van der Waals surface area contributed by atoms with E-state index >= 15 is 0 Å². The average Bonchev–Trinajstić information content (AvgIpc) is 2.95. The van der Waals surface area contributed by atoms with Crippen molar-refractivity contribution in [2.75, 3.05) is 19.8 Å². The SMILES string of the molecule is CCCC12COC(c3ccc(-c4ccc(C(F)(F)Oc5cc(F)c(O/C=C/C(F)(F)F)c(F)c5)c(F)c4)cc3)(OC1)OC2. The number of ether oxygens (including phenoxy) is 5. The van der Waals surface area contributed by atoms with Gasteiger partial charge in [-0.2, -0.15) is 22.0 Å². The molecule has 0 amide bonds. The Bertz CT molecular complexity index is 1460. The van der Waals surface area contributed by atoms with Gasteiger partial charge in [-0.1, -0.05) is 43.7 Å². The summed E-state index contributed by atoms with van der Waals surface area (Å²) in [7, 11) is 0. The van der Waals surface area contributed by atoms with Crippen molar-refractivity contribution >= 4 is 0 Å². The lowest BCUT2D eigenvalue weighted by atomic mass is 9.83. The molecule has 0 aromatic heterocycles. The third kappa shape index (κ3) is 6.48. The standard InChI is InChI=1S/C30H24F8O5/c1-2-9-27-15-40-30(41-16-27,42-17-27)20-6-3-18(4-7-20)19-5-8-22(23(31)12-19)29(37,38)43-21-13-24(32)26(25(33)14-21)39-11-10-28(34,35)36/h3-8,10-14H,2,9,15-17H2,1H3/b11-10+. The lowest BCUT2D eigenvalue weighted by Crippen LogP contribution is -2.58. The highest BCUT2D eigenvalue weighted by molar-refractivity contribution is 5.64. The predicted octanol–water partition coefficient (Wildman–Crippen LogP) is 8.33. The summed E-state index contributed by atoms with van der Waals surface area (Å²) in [6.45, 7) is 3.49. The fraction of sp³-hybridized carbons (Fsp3) is 0.333. The van der Waals surface area contributed by atoms with Crippen LogP contribution in [0, 0.1) is 22.9 Å². The van der Waals surface area contributed by atoms with E-state index < -0.39 is 58.8 Å². The van der Waals surface area contributed by atoms with Gasteiger partial charge in [0, 0.05) is 23.1 Å². The minimum atomic E-state index is -4.81. The second-order valence-corrected chi connectivity index (χ2v) is 10.2. The molecule has 5 nitrogen and oxygen atoms in total. The molecule has 0 aliphatic carbocycles. The van der Waals surface area contributed by atoms with Gasteiger partial charge in [0.15, 0.2) is 17.4 Å². The van der Waals surface area contributed by atoms with Crippen LogP contribution in [0.25, 0.3) is 11.1 Å². The Balaban J connectivity index is 1.29. The summed E-state index contributed by atoms with van der Waals surface area (Å²) in [5.74, 6) is -8.32. The molecule has 3 heterocycles. The van der Waals surface area contributed by atoms with Gasteiger partial charge in [-0.25, -0.2) is 13.2 Å². The number of allylic oxidation sites excluding steroid dienone is 1. The molecule has 0 radical (unpaired) electrons. The van der Waals surface area contributed by atoms with Crippen LogP contribution < -0.4 is 9.47 Å². The van der Waals surface area contributed by atoms with Gasteiger partial charge in [0.1, 0.15) is 11.6 Å². The van der Waals surface area contributed by atoms with Crippen molar-refractivity contribution in [1.29, 1.82) is 0 Å². The highest BCUT2D eigenvalue weighted by atomic mass is 19.4. The Morgan fingerprint density at radius 3 is 1.91 bits per heavy atom. The number of halogens is 8. The number of benzene rings is 3. The normalized spacial score (nSPS) is 22.3. The van der Waals surface area contributed by atoms with Gasteiger partial charge in [-0.15, -0.1) is 0 Å². The lowest BCUT2D eigenvalue weighted by Gasteiger charge is -2.51. The van der Waals surface area contributed by atoms with Crippen molar-refractivity contribution in [2.45, 2.75) is 38.0 Å². The number of alkyl halides is 5. The van der Waals surface area contributed by atoms with E-state index in [2.05, 4.69) is 16.4 Å². The van der Waals surface area contributed by atoms with Crippen LogP contribution in [0.15, 0.2) is 66.9 Å². The minimum Gasteiger partial charge on any atom is -0.459 e. The Hall–Kier alpha value is -3.68. The zero-order valence-corrected chi connectivity index (χ0v) is 22.5. The third-order valence-electron chi connectivity index (χ3n) is 7.00. The van der Waals surface area contributed by atoms with Crippen molar-refractivity contribution in [3.05, 3.63) is 95.5 Å². The first-order chi connectivity index (χ1) is 20.2.